The van der Waals surface area contributed by atoms with Crippen LogP contribution in [0.15, 0.2) is 41.0 Å². The van der Waals surface area contributed by atoms with E-state index in [1.807, 2.05) is 6.56 Å². The van der Waals surface area contributed by atoms with E-state index in [0.29, 0.717) is 0 Å². The van der Waals surface area contributed by atoms with Crippen molar-refractivity contribution in [1.29, 1.82) is 0 Å². The Morgan fingerprint density at radius 1 is 0.808 bits per heavy atom. The van der Waals surface area contributed by atoms with E-state index in [1.54, 1.807) is 22.3 Å². The zero-order valence-electron chi connectivity index (χ0n) is 17.6. The van der Waals surface area contributed by atoms with Crippen LogP contribution >= 0.6 is 0 Å². The molecule has 26 heavy (non-hydrogen) atoms. The molecule has 0 unspecified atom stereocenters. The summed E-state index contributed by atoms with van der Waals surface area (Å²) in [6.07, 6.45) is 16.0. The van der Waals surface area contributed by atoms with Crippen molar-refractivity contribution in [1.82, 2.24) is 0 Å². The predicted molar refractivity (Wildman–Crippen MR) is 109 cm³/mol. The molecule has 0 nitrogen and oxygen atoms in total. The summed E-state index contributed by atoms with van der Waals surface area (Å²) in [5.41, 5.74) is 6.96. The maximum Gasteiger partial charge on any atom is -1.00 e. The van der Waals surface area contributed by atoms with Crippen LogP contribution in [0.25, 0.3) is 0 Å². The van der Waals surface area contributed by atoms with Gasteiger partial charge in [0.15, 0.2) is 0 Å². The molecule has 0 aliphatic heterocycles. The fourth-order valence-electron chi connectivity index (χ4n) is 4.14. The summed E-state index contributed by atoms with van der Waals surface area (Å²) < 4.78 is 3.79. The number of hydrogen-bond donors (Lipinski definition) is 0. The van der Waals surface area contributed by atoms with Crippen LogP contribution in [0.2, 0.25) is 13.1 Å². The summed E-state index contributed by atoms with van der Waals surface area (Å²) in [5, 5.41) is 0. The molecule has 0 spiro atoms. The molecule has 0 N–H and O–H groups in total. The molecule has 0 aromatic heterocycles. The summed E-state index contributed by atoms with van der Waals surface area (Å²) in [5.74, 6) is -0.586. The smallest absolute Gasteiger partial charge is 1.00 e. The van der Waals surface area contributed by atoms with E-state index in [2.05, 4.69) is 52.9 Å². The van der Waals surface area contributed by atoms with Gasteiger partial charge in [-0.2, -0.15) is 0 Å². The van der Waals surface area contributed by atoms with Gasteiger partial charge in [-0.25, -0.2) is 0 Å². The van der Waals surface area contributed by atoms with Crippen molar-refractivity contribution < 1.29 is 54.9 Å². The molecule has 2 rings (SSSR count). The summed E-state index contributed by atoms with van der Waals surface area (Å²) in [4.78, 5) is 0. The predicted octanol–water partition coefficient (Wildman–Crippen LogP) is 1.18. The van der Waals surface area contributed by atoms with Gasteiger partial charge in [-0.15, -0.1) is 0 Å². The summed E-state index contributed by atoms with van der Waals surface area (Å²) in [7, 11) is 0. The van der Waals surface area contributed by atoms with Crippen LogP contribution in [0.5, 0.6) is 0 Å². The molecule has 0 atom stereocenters. The van der Waals surface area contributed by atoms with Crippen LogP contribution in [0, 0.1) is 0 Å². The number of unbranched alkanes of at least 4 members (excludes halogenated alkanes) is 2. The third-order valence-corrected chi connectivity index (χ3v) is 24.5. The average molecular weight is 581 g/mol. The second-order valence-electron chi connectivity index (χ2n) is 8.12. The van der Waals surface area contributed by atoms with Gasteiger partial charge in [0.1, 0.15) is 0 Å². The molecule has 0 bridgehead atoms. The van der Waals surface area contributed by atoms with Crippen molar-refractivity contribution in [3.8, 4) is 0 Å². The Kier molecular flexibility index (Phi) is 13.8. The van der Waals surface area contributed by atoms with Gasteiger partial charge < -0.3 is 34.0 Å². The van der Waals surface area contributed by atoms with Crippen LogP contribution in [0.1, 0.15) is 79.1 Å². The van der Waals surface area contributed by atoms with Gasteiger partial charge >= 0.3 is 160 Å². The molecule has 0 radical (unpaired) electrons. The van der Waals surface area contributed by atoms with Crippen molar-refractivity contribution in [2.45, 2.75) is 92.2 Å². The van der Waals surface area contributed by atoms with Gasteiger partial charge in [0.25, 0.3) is 0 Å². The monoisotopic (exact) mass is 577 g/mol. The molecule has 0 saturated heterocycles. The zero-order chi connectivity index (χ0) is 17.7. The fraction of sp³-hybridized carbons (Fsp3) is 0.636. The van der Waals surface area contributed by atoms with Crippen molar-refractivity contribution in [2.75, 3.05) is 0 Å². The minimum Gasteiger partial charge on any atom is -1.00 e. The molecule has 4 heteroatoms. The van der Waals surface area contributed by atoms with E-state index < -0.39 is 26.8 Å². The summed E-state index contributed by atoms with van der Waals surface area (Å²) >= 11 is -1.62. The molecule has 0 amide bonds. The topological polar surface area (TPSA) is 0 Å². The van der Waals surface area contributed by atoms with Crippen LogP contribution < -0.4 is 34.0 Å². The van der Waals surface area contributed by atoms with E-state index >= 15 is 0 Å². The van der Waals surface area contributed by atoms with Crippen molar-refractivity contribution in [2.24, 2.45) is 0 Å². The molecule has 0 fully saturated rings. The van der Waals surface area contributed by atoms with Gasteiger partial charge in [-0.3, -0.25) is 0 Å². The molecular formula is C22H37Br2SiZr. The normalized spacial score (nSPS) is 16.6. The van der Waals surface area contributed by atoms with Crippen LogP contribution in [0.3, 0.4) is 0 Å². The summed E-state index contributed by atoms with van der Waals surface area (Å²) in [6, 6.07) is 0. The SMILES string of the molecule is CCCCC1=C[C]([Zr+2]([C]2=C(C)CC(CCCC)=C2)[SiH](C)C)=C(C)C1.[Br-].[Br-]. The van der Waals surface area contributed by atoms with Gasteiger partial charge in [-0.1, -0.05) is 0 Å². The molecular weight excluding hydrogens is 543 g/mol. The van der Waals surface area contributed by atoms with Gasteiger partial charge in [0, 0.05) is 0 Å². The van der Waals surface area contributed by atoms with Crippen molar-refractivity contribution in [3.63, 3.8) is 0 Å². The largest absolute Gasteiger partial charge is 1.00 e. The van der Waals surface area contributed by atoms with E-state index in [1.165, 1.54) is 51.4 Å². The van der Waals surface area contributed by atoms with Gasteiger partial charge in [0.2, 0.25) is 0 Å². The minimum atomic E-state index is -1.62. The van der Waals surface area contributed by atoms with E-state index in [0.717, 1.165) is 0 Å². The molecule has 2 aliphatic rings. The van der Waals surface area contributed by atoms with Gasteiger partial charge in [-0.05, 0) is 0 Å². The van der Waals surface area contributed by atoms with E-state index in [-0.39, 0.29) is 34.0 Å². The zero-order valence-corrected chi connectivity index (χ0v) is 24.4. The van der Waals surface area contributed by atoms with Crippen LogP contribution in [-0.4, -0.2) is 5.92 Å². The van der Waals surface area contributed by atoms with E-state index in [4.69, 9.17) is 0 Å². The quantitative estimate of drug-likeness (QED) is 0.360. The Hall–Kier alpha value is 1.02. The Labute approximate surface area is 192 Å². The third kappa shape index (κ3) is 7.12. The second kappa shape index (κ2) is 13.3. The molecule has 2 aliphatic carbocycles. The Bertz CT molecular complexity index is 537. The van der Waals surface area contributed by atoms with E-state index in [9.17, 15) is 0 Å². The Morgan fingerprint density at radius 3 is 1.50 bits per heavy atom. The number of rotatable bonds is 9. The molecule has 147 valence electrons. The summed E-state index contributed by atoms with van der Waals surface area (Å²) in [6.45, 7) is 14.8. The molecule has 0 saturated carbocycles. The molecule has 0 aromatic carbocycles. The van der Waals surface area contributed by atoms with Crippen molar-refractivity contribution in [3.05, 3.63) is 41.0 Å². The maximum absolute atomic E-state index is 2.69. The Morgan fingerprint density at radius 2 is 1.19 bits per heavy atom. The third-order valence-electron chi connectivity index (χ3n) is 5.46. The van der Waals surface area contributed by atoms with Crippen LogP contribution in [0.4, 0.5) is 0 Å². The molecule has 0 aromatic rings. The standard InChI is InChI=1S/2C10H15.C2H7Si.2BrH.Zr/c2*1-3-4-5-10-7-6-9(2)8-10;1-3-2;;;/h2*7H,3-5,8H2,1-2H3;3H,1-2H3;2*1H;/q;;;;;+2/p-2. The van der Waals surface area contributed by atoms with Gasteiger partial charge in [0.05, 0.1) is 0 Å². The van der Waals surface area contributed by atoms with Crippen molar-refractivity contribution >= 4 is 5.92 Å². The second-order valence-corrected chi connectivity index (χ2v) is 27.0. The number of hydrogen-bond acceptors (Lipinski definition) is 0. The number of halogens is 2. The molecule has 0 heterocycles. The first-order valence-electron chi connectivity index (χ1n) is 10.1. The fourth-order valence-corrected chi connectivity index (χ4v) is 23.6. The first-order chi connectivity index (χ1) is 11.5. The number of allylic oxidation sites excluding steroid dienone is 8. The first-order valence-corrected chi connectivity index (χ1v) is 19.7. The average Bonchev–Trinajstić information content (AvgIpc) is 3.07. The minimum absolute atomic E-state index is 0. The Balaban J connectivity index is 0.00000312. The first kappa shape index (κ1) is 27.0. The van der Waals surface area contributed by atoms with Crippen LogP contribution in [-0.2, 0) is 20.9 Å². The maximum atomic E-state index is 2.69.